The number of nitrogens with zero attached hydrogens (tertiary/aromatic N) is 1. The van der Waals surface area contributed by atoms with Crippen molar-refractivity contribution in [1.29, 1.82) is 0 Å². The van der Waals surface area contributed by atoms with E-state index in [1.165, 1.54) is 90.4 Å². The molecular weight excluding hydrogens is 458 g/mol. The van der Waals surface area contributed by atoms with Gasteiger partial charge in [0, 0.05) is 27.5 Å². The fourth-order valence-corrected chi connectivity index (χ4v) is 7.48. The van der Waals surface area contributed by atoms with Gasteiger partial charge in [-0.3, -0.25) is 0 Å². The molecule has 1 unspecified atom stereocenters. The van der Waals surface area contributed by atoms with Crippen molar-refractivity contribution < 1.29 is 0 Å². The molecule has 1 heteroatoms. The van der Waals surface area contributed by atoms with Gasteiger partial charge in [-0.2, -0.15) is 0 Å². The zero-order valence-electron chi connectivity index (χ0n) is 22.3. The molecule has 5 aromatic carbocycles. The highest BCUT2D eigenvalue weighted by Crippen LogP contribution is 2.45. The Hall–Kier alpha value is -4.10. The zero-order chi connectivity index (χ0) is 25.5. The minimum absolute atomic E-state index is 0.518. The lowest BCUT2D eigenvalue weighted by molar-refractivity contribution is 0.631. The molecule has 8 rings (SSSR count). The summed E-state index contributed by atoms with van der Waals surface area (Å²) in [6.07, 6.45) is 3.66. The minimum atomic E-state index is 0.518. The van der Waals surface area contributed by atoms with Crippen molar-refractivity contribution in [2.24, 2.45) is 0 Å². The van der Waals surface area contributed by atoms with Gasteiger partial charge in [0.2, 0.25) is 0 Å². The second-order valence-corrected chi connectivity index (χ2v) is 11.4. The van der Waals surface area contributed by atoms with E-state index < -0.39 is 0 Å². The number of allylic oxidation sites excluding steroid dienone is 2. The molecule has 1 atom stereocenters. The van der Waals surface area contributed by atoms with E-state index in [4.69, 9.17) is 0 Å². The maximum atomic E-state index is 2.49. The van der Waals surface area contributed by atoms with Crippen LogP contribution in [0.2, 0.25) is 0 Å². The summed E-state index contributed by atoms with van der Waals surface area (Å²) in [4.78, 5) is 0. The zero-order valence-corrected chi connectivity index (χ0v) is 22.3. The third-order valence-electron chi connectivity index (χ3n) is 9.33. The Balaban J connectivity index is 1.38. The van der Waals surface area contributed by atoms with Crippen molar-refractivity contribution in [2.45, 2.75) is 46.0 Å². The number of fused-ring (bicyclic) bond motifs is 7. The average Bonchev–Trinajstić information content (AvgIpc) is 3.44. The third-order valence-corrected chi connectivity index (χ3v) is 9.33. The molecular formula is C37H31N. The van der Waals surface area contributed by atoms with Crippen LogP contribution in [-0.4, -0.2) is 4.40 Å². The van der Waals surface area contributed by atoms with Crippen LogP contribution < -0.4 is 0 Å². The first-order valence-electron chi connectivity index (χ1n) is 14.0. The number of hydrogen-bond acceptors (Lipinski definition) is 0. The van der Waals surface area contributed by atoms with Crippen LogP contribution in [0.3, 0.4) is 0 Å². The molecule has 1 aliphatic carbocycles. The van der Waals surface area contributed by atoms with Gasteiger partial charge >= 0.3 is 0 Å². The number of aromatic nitrogens is 1. The Morgan fingerprint density at radius 3 is 2.24 bits per heavy atom. The van der Waals surface area contributed by atoms with E-state index in [0.717, 1.165) is 0 Å². The second-order valence-electron chi connectivity index (χ2n) is 11.4. The standard InChI is InChI=1S/C37H31N/c1-22-10-4-5-11-27(22)28-13-8-14-29(24(28)3)33-19-26-21-36-34(20-25(26)18-23(33)2)32-16-9-15-31-30-12-6-7-17-35(30)38(36)37(31)32/h4-7,9-12,15-21,28H,8,13-14H2,1-3H3. The predicted octanol–water partition coefficient (Wildman–Crippen LogP) is 10.3. The fourth-order valence-electron chi connectivity index (χ4n) is 7.48. The molecule has 1 nitrogen and oxygen atoms in total. The number of benzene rings is 5. The molecule has 0 radical (unpaired) electrons. The quantitative estimate of drug-likeness (QED) is 0.227. The van der Waals surface area contributed by atoms with Crippen molar-refractivity contribution in [3.05, 3.63) is 119 Å². The van der Waals surface area contributed by atoms with Crippen molar-refractivity contribution in [1.82, 2.24) is 4.40 Å². The maximum absolute atomic E-state index is 2.49. The molecule has 38 heavy (non-hydrogen) atoms. The smallest absolute Gasteiger partial charge is 0.0620 e. The molecule has 1 aliphatic rings. The molecule has 0 amide bonds. The van der Waals surface area contributed by atoms with Crippen LogP contribution in [-0.2, 0) is 0 Å². The summed E-state index contributed by atoms with van der Waals surface area (Å²) in [5.41, 5.74) is 12.8. The Morgan fingerprint density at radius 2 is 1.37 bits per heavy atom. The normalized spacial score (nSPS) is 16.7. The summed E-state index contributed by atoms with van der Waals surface area (Å²) < 4.78 is 2.49. The fraction of sp³-hybridized carbons (Fsp3) is 0.189. The van der Waals surface area contributed by atoms with Crippen molar-refractivity contribution >= 4 is 54.4 Å². The first-order valence-corrected chi connectivity index (χ1v) is 14.0. The van der Waals surface area contributed by atoms with Crippen LogP contribution in [0.15, 0.2) is 96.6 Å². The molecule has 184 valence electrons. The van der Waals surface area contributed by atoms with Gasteiger partial charge in [0.1, 0.15) is 0 Å². The maximum Gasteiger partial charge on any atom is 0.0620 e. The second kappa shape index (κ2) is 7.95. The van der Waals surface area contributed by atoms with E-state index >= 15 is 0 Å². The summed E-state index contributed by atoms with van der Waals surface area (Å²) in [7, 11) is 0. The Kier molecular flexibility index (Phi) is 4.59. The highest BCUT2D eigenvalue weighted by molar-refractivity contribution is 6.24. The number of rotatable bonds is 2. The number of hydrogen-bond donors (Lipinski definition) is 0. The van der Waals surface area contributed by atoms with Crippen molar-refractivity contribution in [3.8, 4) is 0 Å². The summed E-state index contributed by atoms with van der Waals surface area (Å²) in [5, 5.41) is 8.06. The van der Waals surface area contributed by atoms with E-state index in [1.807, 2.05) is 0 Å². The van der Waals surface area contributed by atoms with Crippen LogP contribution in [0.5, 0.6) is 0 Å². The Bertz CT molecular complexity index is 2080. The Morgan fingerprint density at radius 1 is 0.632 bits per heavy atom. The van der Waals surface area contributed by atoms with E-state index in [2.05, 4.69) is 116 Å². The van der Waals surface area contributed by atoms with Gasteiger partial charge in [0.05, 0.1) is 16.6 Å². The topological polar surface area (TPSA) is 4.41 Å². The molecule has 7 aromatic rings. The van der Waals surface area contributed by atoms with E-state index in [9.17, 15) is 0 Å². The third kappa shape index (κ3) is 2.93. The lowest BCUT2D eigenvalue weighted by Crippen LogP contribution is -2.10. The molecule has 0 spiro atoms. The summed E-state index contributed by atoms with van der Waals surface area (Å²) in [5.74, 6) is 0.518. The minimum Gasteiger partial charge on any atom is -0.308 e. The average molecular weight is 490 g/mol. The Labute approximate surface area is 223 Å². The molecule has 0 saturated carbocycles. The highest BCUT2D eigenvalue weighted by atomic mass is 14.9. The van der Waals surface area contributed by atoms with Gasteiger partial charge < -0.3 is 4.40 Å². The molecule has 0 fully saturated rings. The molecule has 0 N–H and O–H groups in total. The SMILES string of the molecule is CC1=C(c2cc3cc4c(cc3cc2C)c2cccc3c5ccccc5n4c32)CCCC1c1ccccc1C. The first kappa shape index (κ1) is 21.9. The van der Waals surface area contributed by atoms with E-state index in [1.54, 1.807) is 11.1 Å². The molecule has 2 heterocycles. The molecule has 2 aromatic heterocycles. The van der Waals surface area contributed by atoms with Gasteiger partial charge in [-0.15, -0.1) is 0 Å². The lowest BCUT2D eigenvalue weighted by Gasteiger charge is -2.29. The van der Waals surface area contributed by atoms with E-state index in [-0.39, 0.29) is 0 Å². The highest BCUT2D eigenvalue weighted by Gasteiger charge is 2.25. The van der Waals surface area contributed by atoms with Crippen LogP contribution in [0.4, 0.5) is 0 Å². The van der Waals surface area contributed by atoms with Crippen LogP contribution in [0.25, 0.3) is 54.4 Å². The van der Waals surface area contributed by atoms with Crippen molar-refractivity contribution in [3.63, 3.8) is 0 Å². The van der Waals surface area contributed by atoms with E-state index in [0.29, 0.717) is 5.92 Å². The number of aryl methyl sites for hydroxylation is 2. The van der Waals surface area contributed by atoms with Crippen molar-refractivity contribution in [2.75, 3.05) is 0 Å². The van der Waals surface area contributed by atoms with Gasteiger partial charge in [0.25, 0.3) is 0 Å². The first-order chi connectivity index (χ1) is 18.6. The lowest BCUT2D eigenvalue weighted by atomic mass is 9.75. The summed E-state index contributed by atoms with van der Waals surface area (Å²) in [6.45, 7) is 6.95. The predicted molar refractivity (Wildman–Crippen MR) is 164 cm³/mol. The van der Waals surface area contributed by atoms with Gasteiger partial charge in [-0.25, -0.2) is 0 Å². The molecule has 0 bridgehead atoms. The molecule has 0 saturated heterocycles. The van der Waals surface area contributed by atoms with Gasteiger partial charge in [0.15, 0.2) is 0 Å². The molecule has 0 aliphatic heterocycles. The monoisotopic (exact) mass is 489 g/mol. The van der Waals surface area contributed by atoms with Gasteiger partial charge in [-0.1, -0.05) is 72.3 Å². The van der Waals surface area contributed by atoms with Gasteiger partial charge in [-0.05, 0) is 103 Å². The number of para-hydroxylation sites is 2. The summed E-state index contributed by atoms with van der Waals surface area (Å²) >= 11 is 0. The largest absolute Gasteiger partial charge is 0.308 e. The van der Waals surface area contributed by atoms with Crippen LogP contribution in [0, 0.1) is 13.8 Å². The summed E-state index contributed by atoms with van der Waals surface area (Å²) in [6, 6.07) is 34.3. The van der Waals surface area contributed by atoms with Crippen LogP contribution in [0.1, 0.15) is 54.4 Å². The van der Waals surface area contributed by atoms with Crippen LogP contribution >= 0.6 is 0 Å².